The highest BCUT2D eigenvalue weighted by Gasteiger charge is 2.37. The summed E-state index contributed by atoms with van der Waals surface area (Å²) in [5.41, 5.74) is 1.30. The van der Waals surface area contributed by atoms with Gasteiger partial charge in [0.25, 0.3) is 0 Å². The molecule has 0 radical (unpaired) electrons. The van der Waals surface area contributed by atoms with Gasteiger partial charge in [-0.2, -0.15) is 0 Å². The lowest BCUT2D eigenvalue weighted by Crippen LogP contribution is -2.43. The van der Waals surface area contributed by atoms with Crippen LogP contribution in [-0.4, -0.2) is 29.1 Å². The molecule has 2 heterocycles. The van der Waals surface area contributed by atoms with Gasteiger partial charge in [0.1, 0.15) is 18.0 Å². The number of hydrogen-bond acceptors (Lipinski definition) is 4. The maximum atomic E-state index is 4.70. The van der Waals surface area contributed by atoms with E-state index in [0.717, 1.165) is 24.8 Å². The van der Waals surface area contributed by atoms with Gasteiger partial charge in [-0.05, 0) is 44.4 Å². The molecule has 1 aliphatic carbocycles. The van der Waals surface area contributed by atoms with Gasteiger partial charge in [-0.25, -0.2) is 9.97 Å². The molecule has 1 aromatic rings. The van der Waals surface area contributed by atoms with E-state index in [2.05, 4.69) is 36.0 Å². The lowest BCUT2D eigenvalue weighted by atomic mass is 9.91. The van der Waals surface area contributed by atoms with Crippen LogP contribution in [-0.2, 0) is 0 Å². The Bertz CT molecular complexity index is 486. The number of rotatable bonds is 4. The summed E-state index contributed by atoms with van der Waals surface area (Å²) in [6.45, 7) is 8.68. The second kappa shape index (κ2) is 6.20. The van der Waals surface area contributed by atoms with Gasteiger partial charge in [0.2, 0.25) is 0 Å². The SMILES string of the molecule is CCNc1ncnc(N2CCCC3CCCC32)c1C(C)C. The molecule has 2 unspecified atom stereocenters. The van der Waals surface area contributed by atoms with Gasteiger partial charge < -0.3 is 10.2 Å². The molecule has 1 aliphatic heterocycles. The molecule has 2 aliphatic rings. The minimum atomic E-state index is 0.442. The van der Waals surface area contributed by atoms with E-state index in [1.54, 1.807) is 6.33 Å². The van der Waals surface area contributed by atoms with Crippen molar-refractivity contribution in [3.63, 3.8) is 0 Å². The third-order valence-corrected chi connectivity index (χ3v) is 5.05. The van der Waals surface area contributed by atoms with Crippen LogP contribution >= 0.6 is 0 Å². The van der Waals surface area contributed by atoms with Crippen molar-refractivity contribution < 1.29 is 0 Å². The number of nitrogens with one attached hydrogen (secondary N) is 1. The van der Waals surface area contributed by atoms with Crippen LogP contribution in [0.25, 0.3) is 0 Å². The fourth-order valence-corrected chi connectivity index (χ4v) is 4.17. The first-order valence-corrected chi connectivity index (χ1v) is 8.57. The largest absolute Gasteiger partial charge is 0.370 e. The van der Waals surface area contributed by atoms with Crippen LogP contribution in [0.1, 0.15) is 64.4 Å². The lowest BCUT2D eigenvalue weighted by molar-refractivity contribution is 0.359. The standard InChI is InChI=1S/C17H28N4/c1-4-18-16-15(12(2)3)17(20-11-19-16)21-10-6-8-13-7-5-9-14(13)21/h11-14H,4-10H2,1-3H3,(H,18,19,20). The van der Waals surface area contributed by atoms with Crippen LogP contribution in [0.4, 0.5) is 11.6 Å². The number of nitrogens with zero attached hydrogens (tertiary/aromatic N) is 3. The molecule has 4 heteroatoms. The van der Waals surface area contributed by atoms with Gasteiger partial charge >= 0.3 is 0 Å². The summed E-state index contributed by atoms with van der Waals surface area (Å²) in [5, 5.41) is 3.42. The molecular formula is C17H28N4. The molecule has 4 nitrogen and oxygen atoms in total. The van der Waals surface area contributed by atoms with E-state index in [1.165, 1.54) is 43.5 Å². The Morgan fingerprint density at radius 3 is 2.81 bits per heavy atom. The monoisotopic (exact) mass is 288 g/mol. The van der Waals surface area contributed by atoms with Crippen molar-refractivity contribution in [3.8, 4) is 0 Å². The van der Waals surface area contributed by atoms with Crippen molar-refractivity contribution in [3.05, 3.63) is 11.9 Å². The van der Waals surface area contributed by atoms with E-state index in [0.29, 0.717) is 12.0 Å². The number of hydrogen-bond donors (Lipinski definition) is 1. The fraction of sp³-hybridized carbons (Fsp3) is 0.765. The van der Waals surface area contributed by atoms with Gasteiger partial charge in [0, 0.05) is 24.7 Å². The van der Waals surface area contributed by atoms with Gasteiger partial charge in [-0.1, -0.05) is 20.3 Å². The molecule has 1 N–H and O–H groups in total. The highest BCUT2D eigenvalue weighted by molar-refractivity contribution is 5.61. The van der Waals surface area contributed by atoms with Crippen LogP contribution in [0.15, 0.2) is 6.33 Å². The lowest BCUT2D eigenvalue weighted by Gasteiger charge is -2.40. The first-order valence-electron chi connectivity index (χ1n) is 8.57. The van der Waals surface area contributed by atoms with Gasteiger partial charge in [0.05, 0.1) is 0 Å². The quantitative estimate of drug-likeness (QED) is 0.915. The van der Waals surface area contributed by atoms with Crippen molar-refractivity contribution in [2.24, 2.45) is 5.92 Å². The summed E-state index contributed by atoms with van der Waals surface area (Å²) in [7, 11) is 0. The van der Waals surface area contributed by atoms with Crippen molar-refractivity contribution in [1.29, 1.82) is 0 Å². The van der Waals surface area contributed by atoms with E-state index in [-0.39, 0.29) is 0 Å². The van der Waals surface area contributed by atoms with Crippen LogP contribution in [0.2, 0.25) is 0 Å². The van der Waals surface area contributed by atoms with E-state index >= 15 is 0 Å². The molecule has 1 saturated heterocycles. The molecule has 0 bridgehead atoms. The van der Waals surface area contributed by atoms with E-state index in [1.807, 2.05) is 0 Å². The zero-order valence-electron chi connectivity index (χ0n) is 13.6. The van der Waals surface area contributed by atoms with Crippen LogP contribution in [0.3, 0.4) is 0 Å². The highest BCUT2D eigenvalue weighted by Crippen LogP contribution is 2.41. The maximum Gasteiger partial charge on any atom is 0.137 e. The summed E-state index contributed by atoms with van der Waals surface area (Å²) >= 11 is 0. The Hall–Kier alpha value is -1.32. The minimum Gasteiger partial charge on any atom is -0.370 e. The summed E-state index contributed by atoms with van der Waals surface area (Å²) in [6.07, 6.45) is 8.57. The van der Waals surface area contributed by atoms with Gasteiger partial charge in [0.15, 0.2) is 0 Å². The topological polar surface area (TPSA) is 41.1 Å². The zero-order valence-corrected chi connectivity index (χ0v) is 13.6. The second-order valence-electron chi connectivity index (χ2n) is 6.74. The molecule has 1 aromatic heterocycles. The second-order valence-corrected chi connectivity index (χ2v) is 6.74. The first-order chi connectivity index (χ1) is 10.2. The fourth-order valence-electron chi connectivity index (χ4n) is 4.17. The van der Waals surface area contributed by atoms with Crippen LogP contribution in [0.5, 0.6) is 0 Å². The summed E-state index contributed by atoms with van der Waals surface area (Å²) in [6, 6.07) is 0.709. The molecule has 3 rings (SSSR count). The zero-order chi connectivity index (χ0) is 14.8. The summed E-state index contributed by atoms with van der Waals surface area (Å²) in [5.74, 6) is 3.54. The molecule has 0 aromatic carbocycles. The van der Waals surface area contributed by atoms with Gasteiger partial charge in [-0.15, -0.1) is 0 Å². The number of anilines is 2. The summed E-state index contributed by atoms with van der Waals surface area (Å²) < 4.78 is 0. The van der Waals surface area contributed by atoms with Crippen molar-refractivity contribution >= 4 is 11.6 Å². The Labute approximate surface area is 128 Å². The Kier molecular flexibility index (Phi) is 4.32. The Morgan fingerprint density at radius 2 is 2.05 bits per heavy atom. The van der Waals surface area contributed by atoms with Gasteiger partial charge in [-0.3, -0.25) is 0 Å². The van der Waals surface area contributed by atoms with Crippen molar-refractivity contribution in [1.82, 2.24) is 9.97 Å². The Morgan fingerprint density at radius 1 is 1.24 bits per heavy atom. The molecule has 1 saturated carbocycles. The van der Waals surface area contributed by atoms with Crippen LogP contribution < -0.4 is 10.2 Å². The third kappa shape index (κ3) is 2.72. The highest BCUT2D eigenvalue weighted by atomic mass is 15.2. The number of aromatic nitrogens is 2. The van der Waals surface area contributed by atoms with Crippen molar-refractivity contribution in [2.75, 3.05) is 23.3 Å². The summed E-state index contributed by atoms with van der Waals surface area (Å²) in [4.78, 5) is 11.8. The van der Waals surface area contributed by atoms with E-state index in [9.17, 15) is 0 Å². The van der Waals surface area contributed by atoms with Crippen LogP contribution in [0, 0.1) is 5.92 Å². The normalized spacial score (nSPS) is 25.2. The van der Waals surface area contributed by atoms with E-state index < -0.39 is 0 Å². The predicted molar refractivity (Wildman–Crippen MR) is 88.0 cm³/mol. The minimum absolute atomic E-state index is 0.442. The van der Waals surface area contributed by atoms with E-state index in [4.69, 9.17) is 4.98 Å². The third-order valence-electron chi connectivity index (χ3n) is 5.05. The molecule has 0 spiro atoms. The van der Waals surface area contributed by atoms with Crippen molar-refractivity contribution in [2.45, 2.75) is 64.8 Å². The maximum absolute atomic E-state index is 4.70. The number of piperidine rings is 1. The molecule has 2 atom stereocenters. The number of fused-ring (bicyclic) bond motifs is 1. The Balaban J connectivity index is 1.98. The molecular weight excluding hydrogens is 260 g/mol. The molecule has 2 fully saturated rings. The molecule has 116 valence electrons. The molecule has 21 heavy (non-hydrogen) atoms. The average molecular weight is 288 g/mol. The predicted octanol–water partition coefficient (Wildman–Crippen LogP) is 3.80. The smallest absolute Gasteiger partial charge is 0.137 e. The molecule has 0 amide bonds. The first kappa shape index (κ1) is 14.6. The average Bonchev–Trinajstić information content (AvgIpc) is 2.95.